The van der Waals surface area contributed by atoms with Gasteiger partial charge in [0.1, 0.15) is 0 Å². The third-order valence-corrected chi connectivity index (χ3v) is 4.52. The summed E-state index contributed by atoms with van der Waals surface area (Å²) in [6, 6.07) is 9.83. The Bertz CT molecular complexity index is 429. The molecule has 108 valence electrons. The number of nitrogens with one attached hydrogen (secondary N) is 1. The maximum absolute atomic E-state index is 3.67. The van der Waals surface area contributed by atoms with Gasteiger partial charge in [0, 0.05) is 31.4 Å². The molecule has 0 radical (unpaired) electrons. The highest BCUT2D eigenvalue weighted by molar-refractivity contribution is 5.47. The van der Waals surface area contributed by atoms with E-state index in [9.17, 15) is 0 Å². The van der Waals surface area contributed by atoms with E-state index < -0.39 is 0 Å². The van der Waals surface area contributed by atoms with Gasteiger partial charge in [-0.25, -0.2) is 0 Å². The average Bonchev–Trinajstić information content (AvgIpc) is 2.55. The van der Waals surface area contributed by atoms with Crippen LogP contribution < -0.4 is 10.2 Å². The van der Waals surface area contributed by atoms with Crippen molar-refractivity contribution in [2.45, 2.75) is 51.1 Å². The van der Waals surface area contributed by atoms with Crippen LogP contribution in [-0.4, -0.2) is 19.1 Å². The van der Waals surface area contributed by atoms with Crippen LogP contribution in [0.3, 0.4) is 0 Å². The molecule has 2 nitrogen and oxygen atoms in total. The summed E-state index contributed by atoms with van der Waals surface area (Å²) in [7, 11) is 0. The number of rotatable bonds is 4. The number of hydrogen-bond donors (Lipinski definition) is 1. The quantitative estimate of drug-likeness (QED) is 0.835. The lowest BCUT2D eigenvalue weighted by atomic mass is 10.0. The van der Waals surface area contributed by atoms with E-state index in [0.717, 1.165) is 6.54 Å². The zero-order chi connectivity index (χ0) is 13.6. The first-order chi connectivity index (χ1) is 9.92. The summed E-state index contributed by atoms with van der Waals surface area (Å²) in [5.41, 5.74) is 2.80. The van der Waals surface area contributed by atoms with Crippen LogP contribution in [0.2, 0.25) is 0 Å². The molecule has 1 saturated heterocycles. The molecule has 3 rings (SSSR count). The van der Waals surface area contributed by atoms with E-state index >= 15 is 0 Å². The topological polar surface area (TPSA) is 15.3 Å². The van der Waals surface area contributed by atoms with Crippen molar-refractivity contribution < 1.29 is 0 Å². The average molecular weight is 270 g/mol. The summed E-state index contributed by atoms with van der Waals surface area (Å²) in [5.74, 6) is 0. The highest BCUT2D eigenvalue weighted by atomic mass is 15.1. The fourth-order valence-electron chi connectivity index (χ4n) is 3.22. The summed E-state index contributed by atoms with van der Waals surface area (Å²) >= 11 is 0. The molecule has 1 heterocycles. The van der Waals surface area contributed by atoms with Crippen LogP contribution in [0.25, 0.3) is 0 Å². The highest BCUT2D eigenvalue weighted by Gasteiger charge is 2.11. The second kappa shape index (κ2) is 6.94. The number of hydrogen-bond acceptors (Lipinski definition) is 2. The number of piperidine rings is 1. The van der Waals surface area contributed by atoms with Crippen LogP contribution in [0.5, 0.6) is 0 Å². The second-order valence-corrected chi connectivity index (χ2v) is 6.08. The number of allylic oxidation sites excluding steroid dienone is 1. The Balaban J connectivity index is 1.51. The molecule has 1 aromatic carbocycles. The summed E-state index contributed by atoms with van der Waals surface area (Å²) in [5, 5.41) is 3.67. The van der Waals surface area contributed by atoms with E-state index in [1.165, 1.54) is 62.9 Å². The van der Waals surface area contributed by atoms with Crippen molar-refractivity contribution in [2.75, 3.05) is 18.0 Å². The third-order valence-electron chi connectivity index (χ3n) is 4.52. The molecule has 1 aliphatic carbocycles. The molecule has 1 atom stereocenters. The van der Waals surface area contributed by atoms with Crippen LogP contribution in [0.1, 0.15) is 44.1 Å². The van der Waals surface area contributed by atoms with Crippen molar-refractivity contribution in [3.8, 4) is 0 Å². The molecule has 1 aliphatic heterocycles. The lowest BCUT2D eigenvalue weighted by Crippen LogP contribution is -2.30. The van der Waals surface area contributed by atoms with Gasteiger partial charge in [-0.2, -0.15) is 0 Å². The van der Waals surface area contributed by atoms with Crippen molar-refractivity contribution in [2.24, 2.45) is 0 Å². The predicted molar refractivity (Wildman–Crippen MR) is 86.1 cm³/mol. The van der Waals surface area contributed by atoms with Crippen LogP contribution >= 0.6 is 0 Å². The van der Waals surface area contributed by atoms with Crippen molar-refractivity contribution in [3.05, 3.63) is 42.0 Å². The maximum Gasteiger partial charge on any atom is 0.0366 e. The van der Waals surface area contributed by atoms with Gasteiger partial charge < -0.3 is 10.2 Å². The predicted octanol–water partition coefficient (Wildman–Crippen LogP) is 3.88. The molecule has 1 fully saturated rings. The zero-order valence-corrected chi connectivity index (χ0v) is 12.4. The minimum atomic E-state index is 0.668. The number of benzene rings is 1. The fourth-order valence-corrected chi connectivity index (χ4v) is 3.22. The molecule has 0 bridgehead atoms. The molecular weight excluding hydrogens is 244 g/mol. The molecule has 0 aromatic heterocycles. The monoisotopic (exact) mass is 270 g/mol. The molecular formula is C18H26N2. The summed E-state index contributed by atoms with van der Waals surface area (Å²) < 4.78 is 0. The Morgan fingerprint density at radius 2 is 1.80 bits per heavy atom. The number of nitrogens with zero attached hydrogens (tertiary/aromatic N) is 1. The van der Waals surface area contributed by atoms with Gasteiger partial charge in [0.25, 0.3) is 0 Å². The van der Waals surface area contributed by atoms with Gasteiger partial charge in [0.2, 0.25) is 0 Å². The third kappa shape index (κ3) is 3.63. The van der Waals surface area contributed by atoms with Crippen molar-refractivity contribution in [1.29, 1.82) is 0 Å². The van der Waals surface area contributed by atoms with Crippen LogP contribution in [0, 0.1) is 0 Å². The summed E-state index contributed by atoms with van der Waals surface area (Å²) in [6.07, 6.45) is 12.4. The minimum absolute atomic E-state index is 0.668. The molecule has 0 saturated carbocycles. The van der Waals surface area contributed by atoms with Gasteiger partial charge in [-0.3, -0.25) is 0 Å². The Morgan fingerprint density at radius 1 is 1.00 bits per heavy atom. The Kier molecular flexibility index (Phi) is 4.75. The van der Waals surface area contributed by atoms with Crippen LogP contribution in [0.4, 0.5) is 5.69 Å². The fraction of sp³-hybridized carbons (Fsp3) is 0.556. The largest absolute Gasteiger partial charge is 0.372 e. The van der Waals surface area contributed by atoms with Gasteiger partial charge in [-0.1, -0.05) is 24.3 Å². The molecule has 0 amide bonds. The van der Waals surface area contributed by atoms with Gasteiger partial charge in [0.05, 0.1) is 0 Å². The minimum Gasteiger partial charge on any atom is -0.372 e. The molecule has 1 aromatic rings. The summed E-state index contributed by atoms with van der Waals surface area (Å²) in [6.45, 7) is 3.46. The molecule has 2 aliphatic rings. The van der Waals surface area contributed by atoms with Gasteiger partial charge in [0.15, 0.2) is 0 Å². The van der Waals surface area contributed by atoms with Crippen LogP contribution in [0.15, 0.2) is 36.4 Å². The normalized spacial score (nSPS) is 23.0. The smallest absolute Gasteiger partial charge is 0.0366 e. The molecule has 1 N–H and O–H groups in total. The Morgan fingerprint density at radius 3 is 2.50 bits per heavy atom. The van der Waals surface area contributed by atoms with E-state index in [1.807, 2.05) is 0 Å². The standard InChI is InChI=1S/C18H26N2/c1-3-7-17(8-4-1)19-15-16-9-11-18(12-10-16)20-13-5-2-6-14-20/h1,3,9-12,17,19H,2,4-8,13-15H2. The maximum atomic E-state index is 3.67. The van der Waals surface area contributed by atoms with Crippen LogP contribution in [-0.2, 0) is 6.54 Å². The van der Waals surface area contributed by atoms with E-state index in [0.29, 0.717) is 6.04 Å². The highest BCUT2D eigenvalue weighted by Crippen LogP contribution is 2.20. The lowest BCUT2D eigenvalue weighted by molar-refractivity contribution is 0.474. The molecule has 20 heavy (non-hydrogen) atoms. The first kappa shape index (κ1) is 13.7. The van der Waals surface area contributed by atoms with E-state index in [4.69, 9.17) is 0 Å². The Hall–Kier alpha value is -1.28. The second-order valence-electron chi connectivity index (χ2n) is 6.08. The number of anilines is 1. The van der Waals surface area contributed by atoms with E-state index in [-0.39, 0.29) is 0 Å². The molecule has 1 unspecified atom stereocenters. The lowest BCUT2D eigenvalue weighted by Gasteiger charge is -2.29. The zero-order valence-electron chi connectivity index (χ0n) is 12.4. The first-order valence-electron chi connectivity index (χ1n) is 8.14. The van der Waals surface area contributed by atoms with Gasteiger partial charge in [-0.15, -0.1) is 0 Å². The summed E-state index contributed by atoms with van der Waals surface area (Å²) in [4.78, 5) is 2.52. The van der Waals surface area contributed by atoms with Crippen molar-refractivity contribution in [1.82, 2.24) is 5.32 Å². The van der Waals surface area contributed by atoms with Gasteiger partial charge >= 0.3 is 0 Å². The van der Waals surface area contributed by atoms with E-state index in [2.05, 4.69) is 46.6 Å². The SMILES string of the molecule is C1=CCC(NCc2ccc(N3CCCCC3)cc2)CC1. The molecule has 0 spiro atoms. The van der Waals surface area contributed by atoms with Crippen molar-refractivity contribution in [3.63, 3.8) is 0 Å². The first-order valence-corrected chi connectivity index (χ1v) is 8.14. The van der Waals surface area contributed by atoms with Gasteiger partial charge in [-0.05, 0) is 56.2 Å². The van der Waals surface area contributed by atoms with E-state index in [1.54, 1.807) is 0 Å². The van der Waals surface area contributed by atoms with Crippen molar-refractivity contribution >= 4 is 5.69 Å². The molecule has 2 heteroatoms. The Labute approximate surface area is 122 Å².